The van der Waals surface area contributed by atoms with Crippen molar-refractivity contribution in [3.63, 3.8) is 0 Å². The van der Waals surface area contributed by atoms with E-state index >= 15 is 0 Å². The van der Waals surface area contributed by atoms with Gasteiger partial charge in [-0.3, -0.25) is 9.69 Å². The van der Waals surface area contributed by atoms with Crippen LogP contribution in [0.15, 0.2) is 64.5 Å². The number of halogens is 2. The minimum Gasteiger partial charge on any atom is -0.486 e. The highest BCUT2D eigenvalue weighted by Gasteiger charge is 2.23. The van der Waals surface area contributed by atoms with Crippen LogP contribution in [-0.4, -0.2) is 41.9 Å². The molecule has 2 aromatic carbocycles. The lowest BCUT2D eigenvalue weighted by molar-refractivity contribution is 0.0633. The fourth-order valence-corrected chi connectivity index (χ4v) is 4.76. The van der Waals surface area contributed by atoms with E-state index < -0.39 is 0 Å². The molecule has 0 unspecified atom stereocenters. The smallest absolute Gasteiger partial charge is 0.264 e. The number of ether oxygens (including phenoxy) is 1. The molecule has 7 heteroatoms. The zero-order valence-electron chi connectivity index (χ0n) is 16.4. The van der Waals surface area contributed by atoms with Crippen molar-refractivity contribution >= 4 is 33.2 Å². The monoisotopic (exact) mass is 488 g/mol. The maximum atomic E-state index is 13.7. The molecule has 0 aliphatic carbocycles. The fourth-order valence-electron chi connectivity index (χ4n) is 3.44. The van der Waals surface area contributed by atoms with Crippen molar-refractivity contribution in [2.75, 3.05) is 26.2 Å². The third-order valence-corrected chi connectivity index (χ3v) is 6.51. The van der Waals surface area contributed by atoms with Gasteiger partial charge in [0.2, 0.25) is 0 Å². The summed E-state index contributed by atoms with van der Waals surface area (Å²) in [5, 5.41) is 1.90. The summed E-state index contributed by atoms with van der Waals surface area (Å²) in [7, 11) is 0. The van der Waals surface area contributed by atoms with Crippen LogP contribution in [-0.2, 0) is 13.2 Å². The Morgan fingerprint density at radius 3 is 2.60 bits per heavy atom. The van der Waals surface area contributed by atoms with E-state index in [-0.39, 0.29) is 24.1 Å². The van der Waals surface area contributed by atoms with Gasteiger partial charge in [0.15, 0.2) is 11.6 Å². The molecule has 0 N–H and O–H groups in total. The van der Waals surface area contributed by atoms with E-state index in [1.54, 1.807) is 18.2 Å². The van der Waals surface area contributed by atoms with Gasteiger partial charge < -0.3 is 9.64 Å². The first-order valence-corrected chi connectivity index (χ1v) is 11.5. The Labute approximate surface area is 188 Å². The normalized spacial score (nSPS) is 14.7. The molecular weight excluding hydrogens is 467 g/mol. The number of hydrogen-bond donors (Lipinski definition) is 0. The minimum absolute atomic E-state index is 0.0549. The summed E-state index contributed by atoms with van der Waals surface area (Å²) in [4.78, 5) is 17.8. The molecule has 4 rings (SSSR count). The van der Waals surface area contributed by atoms with E-state index in [0.717, 1.165) is 29.7 Å². The Morgan fingerprint density at radius 2 is 1.83 bits per heavy atom. The number of para-hydroxylation sites is 1. The lowest BCUT2D eigenvalue weighted by Crippen LogP contribution is -2.48. The van der Waals surface area contributed by atoms with Gasteiger partial charge in [-0.05, 0) is 41.3 Å². The van der Waals surface area contributed by atoms with E-state index in [0.29, 0.717) is 18.0 Å². The zero-order valence-corrected chi connectivity index (χ0v) is 18.8. The van der Waals surface area contributed by atoms with Gasteiger partial charge in [0.1, 0.15) is 6.61 Å². The minimum atomic E-state index is -0.384. The molecule has 4 nitrogen and oxygen atoms in total. The first-order valence-electron chi connectivity index (χ1n) is 9.79. The van der Waals surface area contributed by atoms with Crippen LogP contribution in [0.4, 0.5) is 4.39 Å². The fraction of sp³-hybridized carbons (Fsp3) is 0.261. The quantitative estimate of drug-likeness (QED) is 0.478. The van der Waals surface area contributed by atoms with Crippen molar-refractivity contribution < 1.29 is 13.9 Å². The molecule has 1 aromatic heterocycles. The molecule has 0 radical (unpaired) electrons. The Kier molecular flexibility index (Phi) is 6.82. The van der Waals surface area contributed by atoms with Crippen LogP contribution in [0.3, 0.4) is 0 Å². The summed E-state index contributed by atoms with van der Waals surface area (Å²) >= 11 is 4.93. The maximum absolute atomic E-state index is 13.7. The molecule has 1 aliphatic rings. The Balaban J connectivity index is 1.29. The van der Waals surface area contributed by atoms with Crippen molar-refractivity contribution in [2.45, 2.75) is 13.2 Å². The van der Waals surface area contributed by atoms with Crippen molar-refractivity contribution in [2.24, 2.45) is 0 Å². The van der Waals surface area contributed by atoms with Crippen LogP contribution in [0.25, 0.3) is 0 Å². The number of carbonyl (C=O) groups excluding carboxylic acids is 1. The molecule has 0 saturated carbocycles. The standard InChI is InChI=1S/C23H22BrFN2O2S/c24-19-5-3-4-17(12-19)14-26-8-10-27(11-9-26)23(28)22-13-18(16-30-22)15-29-21-7-2-1-6-20(21)25/h1-7,12-13,16H,8-11,14-15H2. The molecule has 156 valence electrons. The second kappa shape index (κ2) is 9.73. The number of rotatable bonds is 6. The number of hydrogen-bond acceptors (Lipinski definition) is 4. The average Bonchev–Trinajstić information content (AvgIpc) is 3.22. The number of amides is 1. The van der Waals surface area contributed by atoms with Crippen molar-refractivity contribution in [3.8, 4) is 5.75 Å². The van der Waals surface area contributed by atoms with E-state index in [4.69, 9.17) is 4.74 Å². The van der Waals surface area contributed by atoms with Crippen LogP contribution < -0.4 is 4.74 Å². The van der Waals surface area contributed by atoms with Gasteiger partial charge in [-0.25, -0.2) is 4.39 Å². The molecule has 1 aliphatic heterocycles. The van der Waals surface area contributed by atoms with E-state index in [1.807, 2.05) is 28.5 Å². The summed E-state index contributed by atoms with van der Waals surface area (Å²) in [5.41, 5.74) is 2.14. The predicted octanol–water partition coefficient (Wildman–Crippen LogP) is 5.19. The topological polar surface area (TPSA) is 32.8 Å². The van der Waals surface area contributed by atoms with Gasteiger partial charge in [-0.1, -0.05) is 40.2 Å². The zero-order chi connectivity index (χ0) is 20.9. The number of benzene rings is 2. The van der Waals surface area contributed by atoms with Gasteiger partial charge in [0.05, 0.1) is 4.88 Å². The maximum Gasteiger partial charge on any atom is 0.264 e. The predicted molar refractivity (Wildman–Crippen MR) is 120 cm³/mol. The van der Waals surface area contributed by atoms with Gasteiger partial charge in [-0.2, -0.15) is 0 Å². The largest absolute Gasteiger partial charge is 0.486 e. The highest BCUT2D eigenvalue weighted by Crippen LogP contribution is 2.22. The number of thiophene rings is 1. The van der Waals surface area contributed by atoms with Crippen LogP contribution in [0.2, 0.25) is 0 Å². The molecule has 0 spiro atoms. The van der Waals surface area contributed by atoms with E-state index in [9.17, 15) is 9.18 Å². The van der Waals surface area contributed by atoms with Gasteiger partial charge in [0, 0.05) is 42.8 Å². The molecular formula is C23H22BrFN2O2S. The third-order valence-electron chi connectivity index (χ3n) is 5.05. The molecule has 1 saturated heterocycles. The summed E-state index contributed by atoms with van der Waals surface area (Å²) in [6.07, 6.45) is 0. The molecule has 30 heavy (non-hydrogen) atoms. The Bertz CT molecular complexity index is 1020. The van der Waals surface area contributed by atoms with Crippen LogP contribution in [0.5, 0.6) is 5.75 Å². The van der Waals surface area contributed by atoms with Crippen molar-refractivity contribution in [3.05, 3.63) is 86.3 Å². The number of piperazine rings is 1. The third kappa shape index (κ3) is 5.28. The molecule has 1 amide bonds. The van der Waals surface area contributed by atoms with Gasteiger partial charge in [0.25, 0.3) is 5.91 Å². The molecule has 0 atom stereocenters. The second-order valence-corrected chi connectivity index (χ2v) is 9.06. The molecule has 0 bridgehead atoms. The Morgan fingerprint density at radius 1 is 1.03 bits per heavy atom. The SMILES string of the molecule is O=C(c1cc(COc2ccccc2F)cs1)N1CCN(Cc2cccc(Br)c2)CC1. The van der Waals surface area contributed by atoms with E-state index in [1.165, 1.54) is 23.0 Å². The van der Waals surface area contributed by atoms with Crippen LogP contribution in [0, 0.1) is 5.82 Å². The number of nitrogens with zero attached hydrogens (tertiary/aromatic N) is 2. The second-order valence-electron chi connectivity index (χ2n) is 7.24. The lowest BCUT2D eigenvalue weighted by Gasteiger charge is -2.34. The van der Waals surface area contributed by atoms with Crippen LogP contribution >= 0.6 is 27.3 Å². The average molecular weight is 489 g/mol. The van der Waals surface area contributed by atoms with Gasteiger partial charge >= 0.3 is 0 Å². The first-order chi connectivity index (χ1) is 14.6. The van der Waals surface area contributed by atoms with Gasteiger partial charge in [-0.15, -0.1) is 11.3 Å². The van der Waals surface area contributed by atoms with Crippen LogP contribution in [0.1, 0.15) is 20.8 Å². The number of carbonyl (C=O) groups is 1. The lowest BCUT2D eigenvalue weighted by atomic mass is 10.2. The Hall–Kier alpha value is -2.22. The summed E-state index contributed by atoms with van der Waals surface area (Å²) in [6.45, 7) is 4.26. The highest BCUT2D eigenvalue weighted by atomic mass is 79.9. The first kappa shape index (κ1) is 21.0. The highest BCUT2D eigenvalue weighted by molar-refractivity contribution is 9.10. The van der Waals surface area contributed by atoms with Crippen molar-refractivity contribution in [1.82, 2.24) is 9.80 Å². The van der Waals surface area contributed by atoms with Crippen molar-refractivity contribution in [1.29, 1.82) is 0 Å². The molecule has 1 fully saturated rings. The summed E-state index contributed by atoms with van der Waals surface area (Å²) in [5.74, 6) is -0.109. The summed E-state index contributed by atoms with van der Waals surface area (Å²) in [6, 6.07) is 16.5. The molecule has 2 heterocycles. The summed E-state index contributed by atoms with van der Waals surface area (Å²) < 4.78 is 20.3. The molecule has 3 aromatic rings. The van der Waals surface area contributed by atoms with E-state index in [2.05, 4.69) is 33.0 Å².